The van der Waals surface area contributed by atoms with Gasteiger partial charge in [0.2, 0.25) is 0 Å². The Hall–Kier alpha value is -2.27. The lowest BCUT2D eigenvalue weighted by molar-refractivity contribution is 0.0697. The van der Waals surface area contributed by atoms with E-state index >= 15 is 0 Å². The molecular weight excluding hydrogens is 320 g/mol. The molecule has 4 nitrogen and oxygen atoms in total. The molecule has 2 aromatic carbocycles. The van der Waals surface area contributed by atoms with E-state index in [0.29, 0.717) is 5.11 Å². The number of para-hydroxylation sites is 3. The van der Waals surface area contributed by atoms with Crippen LogP contribution in [0.4, 0.5) is 5.69 Å². The van der Waals surface area contributed by atoms with Gasteiger partial charge in [-0.05, 0) is 44.3 Å². The normalized spacial score (nSPS) is 18.0. The molecule has 0 spiro atoms. The van der Waals surface area contributed by atoms with Gasteiger partial charge in [0.15, 0.2) is 5.11 Å². The Morgan fingerprint density at radius 1 is 1.17 bits per heavy atom. The minimum absolute atomic E-state index is 0.0969. The van der Waals surface area contributed by atoms with Crippen molar-refractivity contribution < 1.29 is 9.47 Å². The third-order valence-corrected chi connectivity index (χ3v) is 4.26. The number of fused-ring (bicyclic) bond motifs is 1. The molecule has 0 saturated carbocycles. The Morgan fingerprint density at radius 3 is 2.67 bits per heavy atom. The lowest BCUT2D eigenvalue weighted by atomic mass is 9.90. The van der Waals surface area contributed by atoms with Crippen LogP contribution in [-0.4, -0.2) is 17.8 Å². The predicted octanol–water partition coefficient (Wildman–Crippen LogP) is 4.28. The molecule has 24 heavy (non-hydrogen) atoms. The number of hydrogen-bond donors (Lipinski definition) is 2. The topological polar surface area (TPSA) is 42.5 Å². The van der Waals surface area contributed by atoms with Gasteiger partial charge in [0.05, 0.1) is 18.8 Å². The van der Waals surface area contributed by atoms with Crippen molar-refractivity contribution in [2.75, 3.05) is 12.4 Å². The molecule has 1 aliphatic heterocycles. The predicted molar refractivity (Wildman–Crippen MR) is 101 cm³/mol. The summed E-state index contributed by atoms with van der Waals surface area (Å²) in [6, 6.07) is 15.9. The van der Waals surface area contributed by atoms with E-state index in [2.05, 4.69) is 30.5 Å². The zero-order valence-electron chi connectivity index (χ0n) is 14.1. The third-order valence-electron chi connectivity index (χ3n) is 4.04. The lowest BCUT2D eigenvalue weighted by Gasteiger charge is -2.38. The summed E-state index contributed by atoms with van der Waals surface area (Å²) >= 11 is 5.51. The molecule has 126 valence electrons. The van der Waals surface area contributed by atoms with Gasteiger partial charge in [-0.25, -0.2) is 0 Å². The van der Waals surface area contributed by atoms with Crippen molar-refractivity contribution in [2.24, 2.45) is 0 Å². The molecule has 0 fully saturated rings. The molecule has 1 unspecified atom stereocenters. The van der Waals surface area contributed by atoms with Gasteiger partial charge in [0, 0.05) is 12.0 Å². The number of benzene rings is 2. The molecule has 1 atom stereocenters. The van der Waals surface area contributed by atoms with Crippen molar-refractivity contribution in [2.45, 2.75) is 31.9 Å². The van der Waals surface area contributed by atoms with Gasteiger partial charge >= 0.3 is 0 Å². The highest BCUT2D eigenvalue weighted by Gasteiger charge is 2.33. The van der Waals surface area contributed by atoms with Crippen LogP contribution in [0.15, 0.2) is 48.5 Å². The van der Waals surface area contributed by atoms with Gasteiger partial charge in [-0.15, -0.1) is 0 Å². The van der Waals surface area contributed by atoms with E-state index in [4.69, 9.17) is 21.7 Å². The van der Waals surface area contributed by atoms with Crippen molar-refractivity contribution in [3.8, 4) is 11.5 Å². The van der Waals surface area contributed by atoms with E-state index in [-0.39, 0.29) is 11.6 Å². The smallest absolute Gasteiger partial charge is 0.171 e. The van der Waals surface area contributed by atoms with Crippen LogP contribution in [0.25, 0.3) is 0 Å². The monoisotopic (exact) mass is 342 g/mol. The molecule has 0 aromatic heterocycles. The quantitative estimate of drug-likeness (QED) is 0.815. The molecule has 0 bridgehead atoms. The second kappa shape index (κ2) is 6.69. The number of anilines is 1. The molecular formula is C19H22N2O2S. The maximum atomic E-state index is 6.06. The van der Waals surface area contributed by atoms with Crippen LogP contribution in [0.2, 0.25) is 0 Å². The highest BCUT2D eigenvalue weighted by atomic mass is 32.1. The molecule has 3 rings (SSSR count). The van der Waals surface area contributed by atoms with Crippen molar-refractivity contribution in [3.63, 3.8) is 0 Å². The van der Waals surface area contributed by atoms with Gasteiger partial charge in [0.25, 0.3) is 0 Å². The minimum atomic E-state index is -0.244. The molecule has 1 heterocycles. The SMILES string of the molecule is COc1ccccc1NC(=S)NC1CC(C)(C)Oc2ccccc21. The maximum absolute atomic E-state index is 6.06. The first-order valence-corrected chi connectivity index (χ1v) is 8.38. The summed E-state index contributed by atoms with van der Waals surface area (Å²) in [5.41, 5.74) is 1.73. The van der Waals surface area contributed by atoms with E-state index in [1.807, 2.05) is 42.5 Å². The van der Waals surface area contributed by atoms with Gasteiger partial charge in [-0.2, -0.15) is 0 Å². The summed E-state index contributed by atoms with van der Waals surface area (Å²) in [4.78, 5) is 0. The van der Waals surface area contributed by atoms with E-state index in [0.717, 1.165) is 29.2 Å². The van der Waals surface area contributed by atoms with Crippen LogP contribution in [0.5, 0.6) is 11.5 Å². The summed E-state index contributed by atoms with van der Waals surface area (Å²) in [5, 5.41) is 7.20. The van der Waals surface area contributed by atoms with Crippen molar-refractivity contribution >= 4 is 23.0 Å². The molecule has 0 amide bonds. The van der Waals surface area contributed by atoms with Crippen LogP contribution in [0.3, 0.4) is 0 Å². The largest absolute Gasteiger partial charge is 0.495 e. The number of thiocarbonyl (C=S) groups is 1. The Labute approximate surface area is 148 Å². The summed E-state index contributed by atoms with van der Waals surface area (Å²) in [5.74, 6) is 1.67. The van der Waals surface area contributed by atoms with Gasteiger partial charge in [-0.3, -0.25) is 0 Å². The van der Waals surface area contributed by atoms with Crippen LogP contribution < -0.4 is 20.1 Å². The average Bonchev–Trinajstić information content (AvgIpc) is 2.54. The summed E-state index contributed by atoms with van der Waals surface area (Å²) in [7, 11) is 1.65. The maximum Gasteiger partial charge on any atom is 0.171 e. The number of nitrogens with one attached hydrogen (secondary N) is 2. The summed E-state index contributed by atoms with van der Waals surface area (Å²) in [6.07, 6.45) is 0.831. The van der Waals surface area contributed by atoms with Crippen molar-refractivity contribution in [1.82, 2.24) is 5.32 Å². The number of rotatable bonds is 3. The van der Waals surface area contributed by atoms with E-state index in [9.17, 15) is 0 Å². The Morgan fingerprint density at radius 2 is 1.88 bits per heavy atom. The standard InChI is InChI=1S/C19H22N2O2S/c1-19(2)12-15(13-8-4-6-10-16(13)23-19)21-18(24)20-14-9-5-7-11-17(14)22-3/h4-11,15H,12H2,1-3H3,(H2,20,21,24). The summed E-state index contributed by atoms with van der Waals surface area (Å²) < 4.78 is 11.4. The molecule has 1 aliphatic rings. The van der Waals surface area contributed by atoms with E-state index in [1.54, 1.807) is 7.11 Å². The van der Waals surface area contributed by atoms with Gasteiger partial charge < -0.3 is 20.1 Å². The number of ether oxygens (including phenoxy) is 2. The Bertz CT molecular complexity index is 746. The van der Waals surface area contributed by atoms with Crippen LogP contribution in [-0.2, 0) is 0 Å². The molecule has 2 N–H and O–H groups in total. The highest BCUT2D eigenvalue weighted by Crippen LogP contribution is 2.39. The fraction of sp³-hybridized carbons (Fsp3) is 0.316. The molecule has 0 radical (unpaired) electrons. The molecule has 5 heteroatoms. The second-order valence-electron chi connectivity index (χ2n) is 6.46. The van der Waals surface area contributed by atoms with Crippen molar-refractivity contribution in [3.05, 3.63) is 54.1 Å². The lowest BCUT2D eigenvalue weighted by Crippen LogP contribution is -2.42. The molecule has 2 aromatic rings. The fourth-order valence-electron chi connectivity index (χ4n) is 3.00. The fourth-order valence-corrected chi connectivity index (χ4v) is 3.25. The Balaban J connectivity index is 1.77. The van der Waals surface area contributed by atoms with Crippen molar-refractivity contribution in [1.29, 1.82) is 0 Å². The minimum Gasteiger partial charge on any atom is -0.495 e. The second-order valence-corrected chi connectivity index (χ2v) is 6.86. The third kappa shape index (κ3) is 3.62. The zero-order valence-corrected chi connectivity index (χ0v) is 14.9. The highest BCUT2D eigenvalue weighted by molar-refractivity contribution is 7.80. The number of methoxy groups -OCH3 is 1. The first kappa shape index (κ1) is 16.6. The van der Waals surface area contributed by atoms with E-state index < -0.39 is 0 Å². The van der Waals surface area contributed by atoms with Gasteiger partial charge in [-0.1, -0.05) is 30.3 Å². The first-order chi connectivity index (χ1) is 11.5. The molecule has 0 aliphatic carbocycles. The van der Waals surface area contributed by atoms with E-state index in [1.165, 1.54) is 0 Å². The van der Waals surface area contributed by atoms with Gasteiger partial charge in [0.1, 0.15) is 17.1 Å². The molecule has 0 saturated heterocycles. The van der Waals surface area contributed by atoms with Crippen LogP contribution >= 0.6 is 12.2 Å². The first-order valence-electron chi connectivity index (χ1n) is 7.97. The average molecular weight is 342 g/mol. The van der Waals surface area contributed by atoms with Crippen LogP contribution in [0.1, 0.15) is 31.9 Å². The van der Waals surface area contributed by atoms with Crippen LogP contribution in [0, 0.1) is 0 Å². The zero-order chi connectivity index (χ0) is 17.2. The Kier molecular flexibility index (Phi) is 4.62. The number of hydrogen-bond acceptors (Lipinski definition) is 3. The summed E-state index contributed by atoms with van der Waals surface area (Å²) in [6.45, 7) is 4.18.